The normalized spacial score (nSPS) is 20.5. The number of nitrogens with zero attached hydrogens (tertiary/aromatic N) is 5. The van der Waals surface area contributed by atoms with Gasteiger partial charge in [-0.1, -0.05) is 35.5 Å². The van der Waals surface area contributed by atoms with Crippen LogP contribution >= 0.6 is 23.4 Å². The molecule has 2 atom stereocenters. The fraction of sp³-hybridized carbons (Fsp3) is 0.143. The number of halogens is 2. The van der Waals surface area contributed by atoms with Gasteiger partial charge in [0.05, 0.1) is 22.6 Å². The van der Waals surface area contributed by atoms with Crippen molar-refractivity contribution < 1.29 is 4.39 Å². The van der Waals surface area contributed by atoms with E-state index >= 15 is 0 Å². The highest BCUT2D eigenvalue weighted by Gasteiger charge is 2.38. The second-order valence-electron chi connectivity index (χ2n) is 7.16. The highest BCUT2D eigenvalue weighted by atomic mass is 35.5. The van der Waals surface area contributed by atoms with E-state index in [1.807, 2.05) is 27.8 Å². The molecule has 2 aliphatic rings. The van der Waals surface area contributed by atoms with Crippen molar-refractivity contribution in [1.82, 2.24) is 9.55 Å². The lowest BCUT2D eigenvalue weighted by atomic mass is 10.2. The molecule has 5 rings (SSSR count). The van der Waals surface area contributed by atoms with Crippen molar-refractivity contribution in [3.63, 3.8) is 0 Å². The van der Waals surface area contributed by atoms with Gasteiger partial charge in [-0.3, -0.25) is 4.90 Å². The molecule has 4 N–H and O–H groups in total. The predicted molar refractivity (Wildman–Crippen MR) is 123 cm³/mol. The van der Waals surface area contributed by atoms with Crippen LogP contribution in [0.25, 0.3) is 0 Å². The Bertz CT molecular complexity index is 1160. The van der Waals surface area contributed by atoms with Crippen molar-refractivity contribution in [1.29, 1.82) is 0 Å². The van der Waals surface area contributed by atoms with Crippen LogP contribution in [0.5, 0.6) is 0 Å². The van der Waals surface area contributed by atoms with Crippen molar-refractivity contribution in [3.05, 3.63) is 88.3 Å². The Morgan fingerprint density at radius 3 is 2.58 bits per heavy atom. The number of nitrogens with two attached hydrogens (primary N) is 2. The average molecular weight is 456 g/mol. The van der Waals surface area contributed by atoms with Crippen molar-refractivity contribution >= 4 is 41.1 Å². The molecule has 0 saturated heterocycles. The lowest BCUT2D eigenvalue weighted by molar-refractivity contribution is 0.628. The maximum atomic E-state index is 13.5. The lowest BCUT2D eigenvalue weighted by Gasteiger charge is -2.31. The molecule has 0 fully saturated rings. The molecule has 158 valence electrons. The van der Waals surface area contributed by atoms with Crippen LogP contribution in [-0.4, -0.2) is 27.6 Å². The first-order valence-corrected chi connectivity index (χ1v) is 10.8. The summed E-state index contributed by atoms with van der Waals surface area (Å²) in [6.45, 7) is 0.743. The Labute approximate surface area is 187 Å². The second-order valence-corrected chi connectivity index (χ2v) is 8.73. The summed E-state index contributed by atoms with van der Waals surface area (Å²) < 4.78 is 15.6. The van der Waals surface area contributed by atoms with E-state index in [1.54, 1.807) is 29.8 Å². The van der Waals surface area contributed by atoms with E-state index in [2.05, 4.69) is 22.1 Å². The third-order valence-corrected chi connectivity index (χ3v) is 6.58. The smallest absolute Gasteiger partial charge is 0.150 e. The SMILES string of the molecule is NC1C2=C(N=CN1c1ccc(F)c(Cl)c1)N(c1ccc(Cn3ccnc3)cc1)C(N)S2. The Morgan fingerprint density at radius 2 is 1.87 bits per heavy atom. The van der Waals surface area contributed by atoms with Crippen molar-refractivity contribution in [2.24, 2.45) is 16.5 Å². The van der Waals surface area contributed by atoms with Gasteiger partial charge in [-0.25, -0.2) is 14.4 Å². The number of aliphatic imine (C=N–C) groups is 1. The molecule has 0 saturated carbocycles. The van der Waals surface area contributed by atoms with Gasteiger partial charge in [0, 0.05) is 30.3 Å². The molecule has 2 aromatic carbocycles. The Kier molecular flexibility index (Phi) is 5.19. The molecule has 0 bridgehead atoms. The highest BCUT2D eigenvalue weighted by Crippen LogP contribution is 2.43. The zero-order chi connectivity index (χ0) is 21.5. The van der Waals surface area contributed by atoms with Gasteiger partial charge in [0.2, 0.25) is 0 Å². The molecule has 2 unspecified atom stereocenters. The lowest BCUT2D eigenvalue weighted by Crippen LogP contribution is -2.44. The van der Waals surface area contributed by atoms with E-state index < -0.39 is 12.0 Å². The summed E-state index contributed by atoms with van der Waals surface area (Å²) in [7, 11) is 0. The molecule has 0 amide bonds. The van der Waals surface area contributed by atoms with Crippen molar-refractivity contribution in [3.8, 4) is 0 Å². The fourth-order valence-electron chi connectivity index (χ4n) is 3.61. The molecule has 3 heterocycles. The van der Waals surface area contributed by atoms with Gasteiger partial charge in [0.1, 0.15) is 23.3 Å². The van der Waals surface area contributed by atoms with Crippen molar-refractivity contribution in [2.45, 2.75) is 18.2 Å². The Hall–Kier alpha value is -2.85. The van der Waals surface area contributed by atoms with E-state index in [0.29, 0.717) is 5.69 Å². The molecule has 2 aliphatic heterocycles. The van der Waals surface area contributed by atoms with E-state index in [4.69, 9.17) is 23.1 Å². The van der Waals surface area contributed by atoms with Crippen LogP contribution in [0.2, 0.25) is 5.02 Å². The summed E-state index contributed by atoms with van der Waals surface area (Å²) in [4.78, 5) is 13.3. The topological polar surface area (TPSA) is 88.7 Å². The van der Waals surface area contributed by atoms with Crippen LogP contribution in [0.1, 0.15) is 5.56 Å². The van der Waals surface area contributed by atoms with Gasteiger partial charge >= 0.3 is 0 Å². The molecule has 7 nitrogen and oxygen atoms in total. The van der Waals surface area contributed by atoms with E-state index in [0.717, 1.165) is 28.5 Å². The maximum absolute atomic E-state index is 13.5. The standard InChI is InChI=1S/C21H19ClFN7S/c22-16-9-15(5-6-17(16)23)29-12-27-20-18(19(29)24)31-21(25)30(20)14-3-1-13(2-4-14)10-28-8-7-26-11-28/h1-9,11-12,19,21H,10,24-25H2. The summed E-state index contributed by atoms with van der Waals surface area (Å²) in [5, 5.41) is 0.0334. The molecular formula is C21H19ClFN7S. The molecular weight excluding hydrogens is 437 g/mol. The predicted octanol–water partition coefficient (Wildman–Crippen LogP) is 3.52. The number of imidazole rings is 1. The number of thioether (sulfide) groups is 1. The van der Waals surface area contributed by atoms with Gasteiger partial charge in [0.15, 0.2) is 0 Å². The van der Waals surface area contributed by atoms with Crippen LogP contribution in [0.4, 0.5) is 15.8 Å². The van der Waals surface area contributed by atoms with Crippen LogP contribution in [0, 0.1) is 5.82 Å². The van der Waals surface area contributed by atoms with Crippen LogP contribution < -0.4 is 21.3 Å². The maximum Gasteiger partial charge on any atom is 0.150 e. The minimum absolute atomic E-state index is 0.0334. The minimum atomic E-state index is -0.504. The summed E-state index contributed by atoms with van der Waals surface area (Å²) in [5.74, 6) is 0.240. The number of benzene rings is 2. The first-order chi connectivity index (χ1) is 15.0. The monoisotopic (exact) mass is 455 g/mol. The first kappa shape index (κ1) is 20.1. The highest BCUT2D eigenvalue weighted by molar-refractivity contribution is 8.04. The molecule has 10 heteroatoms. The third kappa shape index (κ3) is 3.70. The van der Waals surface area contributed by atoms with Gasteiger partial charge < -0.3 is 20.9 Å². The van der Waals surface area contributed by atoms with E-state index in [-0.39, 0.29) is 10.5 Å². The number of hydrogen-bond donors (Lipinski definition) is 2. The van der Waals surface area contributed by atoms with Crippen LogP contribution in [-0.2, 0) is 6.54 Å². The Balaban J connectivity index is 1.39. The summed E-state index contributed by atoms with van der Waals surface area (Å²) in [6, 6.07) is 12.6. The quantitative estimate of drug-likeness (QED) is 0.625. The average Bonchev–Trinajstić information content (AvgIpc) is 3.39. The molecule has 31 heavy (non-hydrogen) atoms. The summed E-state index contributed by atoms with van der Waals surface area (Å²) in [5.41, 5.74) is 15.3. The van der Waals surface area contributed by atoms with Crippen molar-refractivity contribution in [2.75, 3.05) is 9.80 Å². The summed E-state index contributed by atoms with van der Waals surface area (Å²) in [6.07, 6.45) is 6.60. The number of anilines is 2. The second kappa shape index (κ2) is 8.01. The number of aromatic nitrogens is 2. The molecule has 1 aromatic heterocycles. The minimum Gasteiger partial charge on any atom is -0.333 e. The van der Waals surface area contributed by atoms with Gasteiger partial charge in [-0.15, -0.1) is 0 Å². The Morgan fingerprint density at radius 1 is 1.10 bits per heavy atom. The third-order valence-electron chi connectivity index (χ3n) is 5.16. The van der Waals surface area contributed by atoms with E-state index in [1.165, 1.54) is 23.9 Å². The zero-order valence-electron chi connectivity index (χ0n) is 16.3. The van der Waals surface area contributed by atoms with Gasteiger partial charge in [-0.05, 0) is 35.9 Å². The van der Waals surface area contributed by atoms with Gasteiger partial charge in [-0.2, -0.15) is 0 Å². The number of rotatable bonds is 4. The number of hydrogen-bond acceptors (Lipinski definition) is 7. The van der Waals surface area contributed by atoms with Crippen LogP contribution in [0.3, 0.4) is 0 Å². The van der Waals surface area contributed by atoms with Crippen LogP contribution in [0.15, 0.2) is 76.9 Å². The molecule has 0 spiro atoms. The fourth-order valence-corrected chi connectivity index (χ4v) is 4.88. The first-order valence-electron chi connectivity index (χ1n) is 9.55. The summed E-state index contributed by atoms with van der Waals surface area (Å²) >= 11 is 7.40. The molecule has 3 aromatic rings. The molecule has 0 aliphatic carbocycles. The zero-order valence-corrected chi connectivity index (χ0v) is 17.8. The van der Waals surface area contributed by atoms with Gasteiger partial charge in [0.25, 0.3) is 0 Å². The van der Waals surface area contributed by atoms with E-state index in [9.17, 15) is 4.39 Å². The largest absolute Gasteiger partial charge is 0.333 e. The molecule has 0 radical (unpaired) electrons.